The summed E-state index contributed by atoms with van der Waals surface area (Å²) in [5.74, 6) is 1.58. The van der Waals surface area contributed by atoms with Gasteiger partial charge in [-0.2, -0.15) is 0 Å². The highest BCUT2D eigenvalue weighted by molar-refractivity contribution is 5.80. The third-order valence-electron chi connectivity index (χ3n) is 5.32. The molecular weight excluding hydrogens is 286 g/mol. The Bertz CT molecular complexity index is 534. The number of amides is 1. The van der Waals surface area contributed by atoms with E-state index in [1.54, 1.807) is 0 Å². The van der Waals surface area contributed by atoms with Gasteiger partial charge in [-0.1, -0.05) is 31.4 Å². The maximum Gasteiger partial charge on any atom is 0.260 e. The van der Waals surface area contributed by atoms with Gasteiger partial charge in [-0.25, -0.2) is 0 Å². The molecule has 2 aliphatic carbocycles. The lowest BCUT2D eigenvalue weighted by molar-refractivity contribution is -0.127. The number of rotatable bonds is 5. The van der Waals surface area contributed by atoms with Gasteiger partial charge in [0.15, 0.2) is 6.10 Å². The first-order chi connectivity index (χ1) is 11.2. The van der Waals surface area contributed by atoms with Gasteiger partial charge in [-0.05, 0) is 68.6 Å². The van der Waals surface area contributed by atoms with Crippen LogP contribution in [0.5, 0.6) is 5.75 Å². The number of carbonyl (C=O) groups excluding carboxylic acids is 1. The van der Waals surface area contributed by atoms with Crippen molar-refractivity contribution in [3.05, 3.63) is 29.3 Å². The Labute approximate surface area is 139 Å². The molecule has 1 aromatic rings. The van der Waals surface area contributed by atoms with Crippen LogP contribution in [0, 0.1) is 5.92 Å². The fraction of sp³-hybridized carbons (Fsp3) is 0.650. The monoisotopic (exact) mass is 315 g/mol. The first-order valence-corrected chi connectivity index (χ1v) is 9.29. The van der Waals surface area contributed by atoms with Crippen molar-refractivity contribution < 1.29 is 9.53 Å². The highest BCUT2D eigenvalue weighted by Crippen LogP contribution is 2.30. The lowest BCUT2D eigenvalue weighted by Crippen LogP contribution is -2.39. The first-order valence-electron chi connectivity index (χ1n) is 9.29. The highest BCUT2D eigenvalue weighted by atomic mass is 16.5. The van der Waals surface area contributed by atoms with E-state index in [2.05, 4.69) is 11.4 Å². The van der Waals surface area contributed by atoms with Gasteiger partial charge in [0, 0.05) is 6.54 Å². The zero-order valence-corrected chi connectivity index (χ0v) is 14.3. The molecule has 126 valence electrons. The van der Waals surface area contributed by atoms with Crippen LogP contribution in [0.2, 0.25) is 0 Å². The summed E-state index contributed by atoms with van der Waals surface area (Å²) in [4.78, 5) is 12.3. The van der Waals surface area contributed by atoms with Crippen molar-refractivity contribution in [3.63, 3.8) is 0 Å². The molecule has 1 saturated carbocycles. The largest absolute Gasteiger partial charge is 0.481 e. The lowest BCUT2D eigenvalue weighted by atomic mass is 9.89. The number of fused-ring (bicyclic) bond motifs is 1. The van der Waals surface area contributed by atoms with Crippen LogP contribution < -0.4 is 10.1 Å². The highest BCUT2D eigenvalue weighted by Gasteiger charge is 2.20. The van der Waals surface area contributed by atoms with E-state index in [-0.39, 0.29) is 5.91 Å². The molecule has 1 unspecified atom stereocenters. The predicted octanol–water partition coefficient (Wildman–Crippen LogP) is 4.03. The maximum atomic E-state index is 12.3. The molecule has 3 rings (SSSR count). The fourth-order valence-electron chi connectivity index (χ4n) is 3.88. The SMILES string of the molecule is CC(Oc1cccc2c1CCCC2)C(=O)NCC1CCCCC1. The fourth-order valence-corrected chi connectivity index (χ4v) is 3.88. The van der Waals surface area contributed by atoms with Gasteiger partial charge in [-0.3, -0.25) is 4.79 Å². The number of benzene rings is 1. The molecule has 2 aliphatic rings. The Morgan fingerprint density at radius 2 is 1.96 bits per heavy atom. The van der Waals surface area contributed by atoms with Crippen molar-refractivity contribution in [2.24, 2.45) is 5.92 Å². The minimum atomic E-state index is -0.424. The van der Waals surface area contributed by atoms with E-state index >= 15 is 0 Å². The van der Waals surface area contributed by atoms with Crippen molar-refractivity contribution in [1.29, 1.82) is 0 Å². The van der Waals surface area contributed by atoms with Gasteiger partial charge in [0.25, 0.3) is 5.91 Å². The maximum absolute atomic E-state index is 12.3. The Balaban J connectivity index is 1.54. The summed E-state index contributed by atoms with van der Waals surface area (Å²) in [7, 11) is 0. The number of aryl methyl sites for hydroxylation is 1. The third kappa shape index (κ3) is 4.27. The van der Waals surface area contributed by atoms with E-state index in [4.69, 9.17) is 4.74 Å². The third-order valence-corrected chi connectivity index (χ3v) is 5.32. The van der Waals surface area contributed by atoms with E-state index in [9.17, 15) is 4.79 Å². The van der Waals surface area contributed by atoms with Crippen LogP contribution in [0.15, 0.2) is 18.2 Å². The first kappa shape index (κ1) is 16.4. The van der Waals surface area contributed by atoms with Crippen molar-refractivity contribution >= 4 is 5.91 Å². The quantitative estimate of drug-likeness (QED) is 0.891. The number of carbonyl (C=O) groups is 1. The summed E-state index contributed by atoms with van der Waals surface area (Å²) in [5.41, 5.74) is 2.70. The molecule has 1 atom stereocenters. The normalized spacial score (nSPS) is 19.7. The molecule has 0 bridgehead atoms. The zero-order chi connectivity index (χ0) is 16.1. The smallest absolute Gasteiger partial charge is 0.260 e. The molecule has 0 aliphatic heterocycles. The van der Waals surface area contributed by atoms with Gasteiger partial charge in [0.1, 0.15) is 5.75 Å². The molecule has 0 radical (unpaired) electrons. The van der Waals surface area contributed by atoms with Crippen molar-refractivity contribution in [3.8, 4) is 5.75 Å². The summed E-state index contributed by atoms with van der Waals surface area (Å²) in [6, 6.07) is 6.25. The van der Waals surface area contributed by atoms with Crippen LogP contribution in [0.25, 0.3) is 0 Å². The lowest BCUT2D eigenvalue weighted by Gasteiger charge is -2.24. The molecule has 0 saturated heterocycles. The molecule has 23 heavy (non-hydrogen) atoms. The molecular formula is C20H29NO2. The summed E-state index contributed by atoms with van der Waals surface area (Å²) < 4.78 is 6.00. The van der Waals surface area contributed by atoms with Crippen LogP contribution in [0.1, 0.15) is 63.0 Å². The van der Waals surface area contributed by atoms with E-state index in [0.29, 0.717) is 5.92 Å². The second kappa shape index (κ2) is 7.85. The van der Waals surface area contributed by atoms with Crippen LogP contribution in [0.3, 0.4) is 0 Å². The summed E-state index contributed by atoms with van der Waals surface area (Å²) in [5, 5.41) is 3.09. The van der Waals surface area contributed by atoms with Crippen LogP contribution in [-0.2, 0) is 17.6 Å². The molecule has 3 heteroatoms. The molecule has 1 fully saturated rings. The number of hydrogen-bond donors (Lipinski definition) is 1. The second-order valence-corrected chi connectivity index (χ2v) is 7.11. The average molecular weight is 315 g/mol. The second-order valence-electron chi connectivity index (χ2n) is 7.11. The van der Waals surface area contributed by atoms with Gasteiger partial charge in [0.2, 0.25) is 0 Å². The Hall–Kier alpha value is -1.51. The van der Waals surface area contributed by atoms with Crippen LogP contribution in [-0.4, -0.2) is 18.6 Å². The molecule has 1 N–H and O–H groups in total. The van der Waals surface area contributed by atoms with Crippen LogP contribution >= 0.6 is 0 Å². The molecule has 0 spiro atoms. The predicted molar refractivity (Wildman–Crippen MR) is 92.8 cm³/mol. The van der Waals surface area contributed by atoms with Gasteiger partial charge < -0.3 is 10.1 Å². The molecule has 0 heterocycles. The number of ether oxygens (including phenoxy) is 1. The minimum absolute atomic E-state index is 0.0176. The Morgan fingerprint density at radius 1 is 1.17 bits per heavy atom. The molecule has 0 aromatic heterocycles. The molecule has 3 nitrogen and oxygen atoms in total. The topological polar surface area (TPSA) is 38.3 Å². The Kier molecular flexibility index (Phi) is 5.58. The standard InChI is InChI=1S/C20H29NO2/c1-15(20(22)21-14-16-8-3-2-4-9-16)23-19-13-7-11-17-10-5-6-12-18(17)19/h7,11,13,15-16H,2-6,8-10,12,14H2,1H3,(H,21,22). The molecule has 1 aromatic carbocycles. The van der Waals surface area contributed by atoms with Crippen LogP contribution in [0.4, 0.5) is 0 Å². The summed E-state index contributed by atoms with van der Waals surface area (Å²) >= 11 is 0. The van der Waals surface area contributed by atoms with Crippen molar-refractivity contribution in [2.45, 2.75) is 70.8 Å². The van der Waals surface area contributed by atoms with E-state index < -0.39 is 6.10 Å². The average Bonchev–Trinajstić information content (AvgIpc) is 2.61. The minimum Gasteiger partial charge on any atom is -0.481 e. The number of nitrogens with one attached hydrogen (secondary N) is 1. The van der Waals surface area contributed by atoms with Gasteiger partial charge in [-0.15, -0.1) is 0 Å². The van der Waals surface area contributed by atoms with Gasteiger partial charge in [0.05, 0.1) is 0 Å². The van der Waals surface area contributed by atoms with Crippen molar-refractivity contribution in [1.82, 2.24) is 5.32 Å². The van der Waals surface area contributed by atoms with E-state index in [1.807, 2.05) is 19.1 Å². The summed E-state index contributed by atoms with van der Waals surface area (Å²) in [6.07, 6.45) is 10.7. The van der Waals surface area contributed by atoms with Crippen molar-refractivity contribution in [2.75, 3.05) is 6.54 Å². The van der Waals surface area contributed by atoms with E-state index in [0.717, 1.165) is 25.1 Å². The Morgan fingerprint density at radius 3 is 2.78 bits per heavy atom. The molecule has 1 amide bonds. The van der Waals surface area contributed by atoms with E-state index in [1.165, 1.54) is 56.1 Å². The van der Waals surface area contributed by atoms with Gasteiger partial charge >= 0.3 is 0 Å². The number of hydrogen-bond acceptors (Lipinski definition) is 2. The zero-order valence-electron chi connectivity index (χ0n) is 14.3. The summed E-state index contributed by atoms with van der Waals surface area (Å²) in [6.45, 7) is 2.66.